The smallest absolute Gasteiger partial charge is 0.337 e. The summed E-state index contributed by atoms with van der Waals surface area (Å²) in [4.78, 5) is 23.2. The second kappa shape index (κ2) is 6.74. The number of nitrogens with one attached hydrogen (secondary N) is 1. The lowest BCUT2D eigenvalue weighted by atomic mass is 10.2. The molecule has 0 fully saturated rings. The van der Waals surface area contributed by atoms with E-state index in [2.05, 4.69) is 10.1 Å². The molecule has 2 aromatic rings. The summed E-state index contributed by atoms with van der Waals surface area (Å²) in [7, 11) is 3.29. The molecule has 5 nitrogen and oxygen atoms in total. The van der Waals surface area contributed by atoms with Crippen LogP contribution < -0.4 is 5.32 Å². The first-order chi connectivity index (χ1) is 10.1. The third kappa shape index (κ3) is 3.95. The van der Waals surface area contributed by atoms with Gasteiger partial charge in [0.25, 0.3) is 0 Å². The van der Waals surface area contributed by atoms with E-state index >= 15 is 0 Å². The fourth-order valence-corrected chi connectivity index (χ4v) is 2.03. The van der Waals surface area contributed by atoms with Crippen LogP contribution in [0.15, 0.2) is 42.6 Å². The van der Waals surface area contributed by atoms with Crippen molar-refractivity contribution >= 4 is 17.6 Å². The molecule has 0 aliphatic carbocycles. The van der Waals surface area contributed by atoms with Gasteiger partial charge >= 0.3 is 5.97 Å². The van der Waals surface area contributed by atoms with Crippen LogP contribution in [0, 0.1) is 0 Å². The van der Waals surface area contributed by atoms with Crippen LogP contribution in [-0.2, 0) is 23.0 Å². The molecule has 1 N–H and O–H groups in total. The second-order valence-corrected chi connectivity index (χ2v) is 4.73. The average molecular weight is 286 g/mol. The molecule has 0 saturated heterocycles. The van der Waals surface area contributed by atoms with Crippen molar-refractivity contribution in [2.75, 3.05) is 12.4 Å². The Hall–Kier alpha value is -2.56. The Bertz CT molecular complexity index is 629. The van der Waals surface area contributed by atoms with Gasteiger partial charge in [-0.2, -0.15) is 0 Å². The van der Waals surface area contributed by atoms with Crippen molar-refractivity contribution < 1.29 is 14.3 Å². The van der Waals surface area contributed by atoms with Crippen LogP contribution >= 0.6 is 0 Å². The van der Waals surface area contributed by atoms with E-state index in [0.717, 1.165) is 5.69 Å². The molecule has 0 atom stereocenters. The minimum atomic E-state index is -0.392. The van der Waals surface area contributed by atoms with E-state index in [1.165, 1.54) is 7.11 Å². The van der Waals surface area contributed by atoms with Crippen LogP contribution in [0.3, 0.4) is 0 Å². The first kappa shape index (κ1) is 14.8. The minimum absolute atomic E-state index is 0.0537. The number of aromatic nitrogens is 1. The molecule has 1 amide bonds. The minimum Gasteiger partial charge on any atom is -0.465 e. The molecule has 2 rings (SSSR count). The van der Waals surface area contributed by atoms with Crippen molar-refractivity contribution in [3.05, 3.63) is 53.9 Å². The van der Waals surface area contributed by atoms with Crippen LogP contribution in [0.25, 0.3) is 0 Å². The molecule has 0 aliphatic rings. The molecule has 1 aromatic heterocycles. The zero-order valence-electron chi connectivity index (χ0n) is 12.1. The van der Waals surface area contributed by atoms with E-state index in [9.17, 15) is 9.59 Å². The zero-order valence-corrected chi connectivity index (χ0v) is 12.1. The van der Waals surface area contributed by atoms with Gasteiger partial charge in [0.2, 0.25) is 5.91 Å². The van der Waals surface area contributed by atoms with Crippen molar-refractivity contribution in [2.24, 2.45) is 7.05 Å². The number of hydrogen-bond donors (Lipinski definition) is 1. The highest BCUT2D eigenvalue weighted by atomic mass is 16.5. The number of esters is 1. The molecule has 0 spiro atoms. The predicted molar refractivity (Wildman–Crippen MR) is 80.1 cm³/mol. The maximum atomic E-state index is 11.9. The van der Waals surface area contributed by atoms with Gasteiger partial charge in [0.1, 0.15) is 0 Å². The van der Waals surface area contributed by atoms with Crippen molar-refractivity contribution in [1.29, 1.82) is 0 Å². The second-order valence-electron chi connectivity index (χ2n) is 4.73. The number of nitrogens with zero attached hydrogens (tertiary/aromatic N) is 1. The molecule has 0 bridgehead atoms. The van der Waals surface area contributed by atoms with Crippen LogP contribution in [0.2, 0.25) is 0 Å². The summed E-state index contributed by atoms with van der Waals surface area (Å²) in [6.45, 7) is 0. The summed E-state index contributed by atoms with van der Waals surface area (Å²) in [5.74, 6) is -0.446. The fourth-order valence-electron chi connectivity index (χ4n) is 2.03. The number of carbonyl (C=O) groups is 2. The van der Waals surface area contributed by atoms with Gasteiger partial charge in [0, 0.05) is 31.0 Å². The Morgan fingerprint density at radius 2 is 1.90 bits per heavy atom. The van der Waals surface area contributed by atoms with Crippen molar-refractivity contribution in [3.8, 4) is 0 Å². The Morgan fingerprint density at radius 3 is 2.48 bits per heavy atom. The van der Waals surface area contributed by atoms with Crippen molar-refractivity contribution in [1.82, 2.24) is 4.57 Å². The Morgan fingerprint density at radius 1 is 1.19 bits per heavy atom. The van der Waals surface area contributed by atoms with Gasteiger partial charge in [0.15, 0.2) is 0 Å². The number of carbonyl (C=O) groups excluding carboxylic acids is 2. The number of rotatable bonds is 5. The molecular weight excluding hydrogens is 268 g/mol. The SMILES string of the molecule is COC(=O)c1ccc(NC(=O)CCc2cccn2C)cc1. The highest BCUT2D eigenvalue weighted by Gasteiger charge is 2.07. The predicted octanol–water partition coefficient (Wildman–Crippen LogP) is 2.38. The molecule has 0 saturated carbocycles. The fraction of sp³-hybridized carbons (Fsp3) is 0.250. The molecule has 0 radical (unpaired) electrons. The van der Waals surface area contributed by atoms with Crippen LogP contribution in [-0.4, -0.2) is 23.6 Å². The lowest BCUT2D eigenvalue weighted by Crippen LogP contribution is -2.13. The van der Waals surface area contributed by atoms with Crippen LogP contribution in [0.4, 0.5) is 5.69 Å². The first-order valence-corrected chi connectivity index (χ1v) is 6.68. The average Bonchev–Trinajstić information content (AvgIpc) is 2.90. The largest absolute Gasteiger partial charge is 0.465 e. The molecule has 1 aromatic carbocycles. The monoisotopic (exact) mass is 286 g/mol. The number of benzene rings is 1. The topological polar surface area (TPSA) is 60.3 Å². The molecular formula is C16H18N2O3. The number of hydrogen-bond acceptors (Lipinski definition) is 3. The van der Waals surface area contributed by atoms with Crippen molar-refractivity contribution in [2.45, 2.75) is 12.8 Å². The van der Waals surface area contributed by atoms with Crippen LogP contribution in [0.1, 0.15) is 22.5 Å². The maximum absolute atomic E-state index is 11.9. The van der Waals surface area contributed by atoms with Crippen LogP contribution in [0.5, 0.6) is 0 Å². The first-order valence-electron chi connectivity index (χ1n) is 6.68. The molecule has 0 unspecified atom stereocenters. The summed E-state index contributed by atoms with van der Waals surface area (Å²) in [6, 6.07) is 10.6. The lowest BCUT2D eigenvalue weighted by Gasteiger charge is -2.07. The summed E-state index contributed by atoms with van der Waals surface area (Å²) in [5.41, 5.74) is 2.24. The van der Waals surface area contributed by atoms with E-state index in [-0.39, 0.29) is 5.91 Å². The molecule has 110 valence electrons. The molecule has 1 heterocycles. The van der Waals surface area contributed by atoms with Gasteiger partial charge < -0.3 is 14.6 Å². The quantitative estimate of drug-likeness (QED) is 0.858. The molecule has 0 aliphatic heterocycles. The van der Waals surface area contributed by atoms with E-state index in [1.54, 1.807) is 24.3 Å². The summed E-state index contributed by atoms with van der Waals surface area (Å²) in [6.07, 6.45) is 3.06. The molecule has 5 heteroatoms. The van der Waals surface area contributed by atoms with Gasteiger partial charge in [-0.25, -0.2) is 4.79 Å². The standard InChI is InChI=1S/C16H18N2O3/c1-18-11-3-4-14(18)9-10-15(19)17-13-7-5-12(6-8-13)16(20)21-2/h3-8,11H,9-10H2,1-2H3,(H,17,19). The number of amides is 1. The van der Waals surface area contributed by atoms with Gasteiger partial charge in [-0.05, 0) is 42.8 Å². The maximum Gasteiger partial charge on any atom is 0.337 e. The summed E-state index contributed by atoms with van der Waals surface area (Å²) < 4.78 is 6.62. The number of anilines is 1. The Kier molecular flexibility index (Phi) is 4.77. The third-order valence-corrected chi connectivity index (χ3v) is 3.25. The summed E-state index contributed by atoms with van der Waals surface area (Å²) >= 11 is 0. The number of ether oxygens (including phenoxy) is 1. The number of aryl methyl sites for hydroxylation is 2. The van der Waals surface area contributed by atoms with Crippen molar-refractivity contribution in [3.63, 3.8) is 0 Å². The highest BCUT2D eigenvalue weighted by Crippen LogP contribution is 2.11. The third-order valence-electron chi connectivity index (χ3n) is 3.25. The normalized spacial score (nSPS) is 10.2. The van der Waals surface area contributed by atoms with E-state index in [4.69, 9.17) is 0 Å². The highest BCUT2D eigenvalue weighted by molar-refractivity contribution is 5.93. The Labute approximate surface area is 123 Å². The summed E-state index contributed by atoms with van der Waals surface area (Å²) in [5, 5.41) is 2.81. The van der Waals surface area contributed by atoms with Gasteiger partial charge in [0.05, 0.1) is 12.7 Å². The van der Waals surface area contributed by atoms with E-state index in [1.807, 2.05) is 29.9 Å². The van der Waals surface area contributed by atoms with Gasteiger partial charge in [-0.3, -0.25) is 4.79 Å². The van der Waals surface area contributed by atoms with Gasteiger partial charge in [-0.15, -0.1) is 0 Å². The Balaban J connectivity index is 1.88. The zero-order chi connectivity index (χ0) is 15.2. The van der Waals surface area contributed by atoms with E-state index < -0.39 is 5.97 Å². The lowest BCUT2D eigenvalue weighted by molar-refractivity contribution is -0.116. The molecule has 21 heavy (non-hydrogen) atoms. The number of methoxy groups -OCH3 is 1. The van der Waals surface area contributed by atoms with E-state index in [0.29, 0.717) is 24.1 Å². The van der Waals surface area contributed by atoms with Gasteiger partial charge in [-0.1, -0.05) is 0 Å².